The molecule has 0 unspecified atom stereocenters. The van der Waals surface area contributed by atoms with E-state index in [2.05, 4.69) is 15.3 Å². The SMILES string of the molecule is Cc1nc(C[n+]2[nH]cc(N=O)c2C)cs1. The van der Waals surface area contributed by atoms with E-state index >= 15 is 0 Å². The average Bonchev–Trinajstić information content (AvgIpc) is 2.76. The van der Waals surface area contributed by atoms with Gasteiger partial charge in [0, 0.05) is 12.3 Å². The topological polar surface area (TPSA) is 62.0 Å². The molecule has 0 atom stereocenters. The summed E-state index contributed by atoms with van der Waals surface area (Å²) in [6, 6.07) is 0. The molecule has 78 valence electrons. The van der Waals surface area contributed by atoms with E-state index in [1.165, 1.54) is 0 Å². The van der Waals surface area contributed by atoms with Crippen LogP contribution in [0.1, 0.15) is 16.4 Å². The number of H-pyrrole nitrogens is 1. The van der Waals surface area contributed by atoms with Crippen LogP contribution in [0.4, 0.5) is 5.69 Å². The van der Waals surface area contributed by atoms with Crippen molar-refractivity contribution < 1.29 is 4.68 Å². The minimum atomic E-state index is 0.446. The van der Waals surface area contributed by atoms with Gasteiger partial charge >= 0.3 is 0 Å². The van der Waals surface area contributed by atoms with Crippen molar-refractivity contribution in [1.82, 2.24) is 10.1 Å². The zero-order valence-electron chi connectivity index (χ0n) is 8.52. The smallest absolute Gasteiger partial charge is 0.234 e. The minimum absolute atomic E-state index is 0.446. The van der Waals surface area contributed by atoms with Crippen LogP contribution >= 0.6 is 11.3 Å². The quantitative estimate of drug-likeness (QED) is 0.637. The van der Waals surface area contributed by atoms with Gasteiger partial charge in [-0.1, -0.05) is 0 Å². The Labute approximate surface area is 90.7 Å². The largest absolute Gasteiger partial charge is 0.240 e. The Morgan fingerprint density at radius 3 is 2.93 bits per heavy atom. The number of nitrogens with one attached hydrogen (secondary N) is 1. The van der Waals surface area contributed by atoms with Gasteiger partial charge in [0.15, 0.2) is 5.69 Å². The molecule has 2 heterocycles. The van der Waals surface area contributed by atoms with E-state index < -0.39 is 0 Å². The van der Waals surface area contributed by atoms with E-state index in [1.807, 2.05) is 23.9 Å². The number of thiazole rings is 1. The van der Waals surface area contributed by atoms with Crippen LogP contribution in [0.25, 0.3) is 0 Å². The number of aromatic amines is 1. The maximum atomic E-state index is 10.4. The first kappa shape index (κ1) is 9.97. The molecule has 0 spiro atoms. The number of rotatable bonds is 3. The van der Waals surface area contributed by atoms with E-state index in [-0.39, 0.29) is 0 Å². The molecule has 0 amide bonds. The third-order valence-electron chi connectivity index (χ3n) is 2.22. The molecule has 2 aromatic heterocycles. The fourth-order valence-electron chi connectivity index (χ4n) is 1.38. The summed E-state index contributed by atoms with van der Waals surface area (Å²) in [4.78, 5) is 14.8. The Bertz CT molecular complexity index is 488. The number of nitrogens with zero attached hydrogens (tertiary/aromatic N) is 3. The number of aromatic nitrogens is 3. The molecule has 2 rings (SSSR count). The van der Waals surface area contributed by atoms with Crippen molar-refractivity contribution in [1.29, 1.82) is 0 Å². The predicted molar refractivity (Wildman–Crippen MR) is 57.1 cm³/mol. The minimum Gasteiger partial charge on any atom is -0.240 e. The lowest BCUT2D eigenvalue weighted by Gasteiger charge is -1.90. The molecule has 0 aliphatic heterocycles. The normalized spacial score (nSPS) is 10.5. The van der Waals surface area contributed by atoms with Gasteiger partial charge in [0.2, 0.25) is 12.2 Å². The highest BCUT2D eigenvalue weighted by molar-refractivity contribution is 7.09. The number of aryl methyl sites for hydroxylation is 1. The lowest BCUT2D eigenvalue weighted by Crippen LogP contribution is -2.38. The number of hydrogen-bond acceptors (Lipinski definition) is 4. The zero-order valence-corrected chi connectivity index (χ0v) is 9.34. The van der Waals surface area contributed by atoms with Crippen molar-refractivity contribution in [2.24, 2.45) is 5.18 Å². The van der Waals surface area contributed by atoms with Gasteiger partial charge in [0.05, 0.1) is 11.2 Å². The van der Waals surface area contributed by atoms with Crippen molar-refractivity contribution in [2.45, 2.75) is 20.4 Å². The summed E-state index contributed by atoms with van der Waals surface area (Å²) in [6.07, 6.45) is 1.60. The molecule has 1 N–H and O–H groups in total. The predicted octanol–water partition coefficient (Wildman–Crippen LogP) is 1.82. The fourth-order valence-corrected chi connectivity index (χ4v) is 1.98. The number of nitroso groups, excluding NO2 is 1. The maximum Gasteiger partial charge on any atom is 0.234 e. The van der Waals surface area contributed by atoms with Crippen LogP contribution in [0.3, 0.4) is 0 Å². The molecule has 0 saturated heterocycles. The number of hydrogen-bond donors (Lipinski definition) is 1. The summed E-state index contributed by atoms with van der Waals surface area (Å²) >= 11 is 1.62. The first-order valence-corrected chi connectivity index (χ1v) is 5.41. The van der Waals surface area contributed by atoms with Crippen molar-refractivity contribution in [3.05, 3.63) is 32.9 Å². The summed E-state index contributed by atoms with van der Waals surface area (Å²) in [5.74, 6) is 0. The third kappa shape index (κ3) is 1.94. The second-order valence-electron chi connectivity index (χ2n) is 3.28. The van der Waals surface area contributed by atoms with Crippen LogP contribution in [0.2, 0.25) is 0 Å². The Hall–Kier alpha value is -1.56. The van der Waals surface area contributed by atoms with Crippen molar-refractivity contribution in [3.8, 4) is 0 Å². The molecule has 0 aromatic carbocycles. The van der Waals surface area contributed by atoms with E-state index in [1.54, 1.807) is 17.5 Å². The Kier molecular flexibility index (Phi) is 2.59. The van der Waals surface area contributed by atoms with Gasteiger partial charge in [-0.3, -0.25) is 0 Å². The lowest BCUT2D eigenvalue weighted by molar-refractivity contribution is -0.747. The third-order valence-corrected chi connectivity index (χ3v) is 3.04. The van der Waals surface area contributed by atoms with Gasteiger partial charge < -0.3 is 0 Å². The Morgan fingerprint density at radius 2 is 2.40 bits per heavy atom. The molecule has 5 nitrogen and oxygen atoms in total. The maximum absolute atomic E-state index is 10.4. The summed E-state index contributed by atoms with van der Waals surface area (Å²) in [5, 5.41) is 8.94. The van der Waals surface area contributed by atoms with Gasteiger partial charge in [-0.25, -0.2) is 4.98 Å². The van der Waals surface area contributed by atoms with Gasteiger partial charge in [-0.05, 0) is 12.1 Å². The van der Waals surface area contributed by atoms with E-state index in [4.69, 9.17) is 0 Å². The van der Waals surface area contributed by atoms with Gasteiger partial charge in [0.25, 0.3) is 0 Å². The Morgan fingerprint density at radius 1 is 1.60 bits per heavy atom. The average molecular weight is 223 g/mol. The summed E-state index contributed by atoms with van der Waals surface area (Å²) in [5.41, 5.74) is 2.27. The van der Waals surface area contributed by atoms with Crippen LogP contribution in [-0.2, 0) is 6.54 Å². The van der Waals surface area contributed by atoms with Crippen LogP contribution in [0.15, 0.2) is 16.8 Å². The monoisotopic (exact) mass is 223 g/mol. The molecule has 0 fully saturated rings. The molecular weight excluding hydrogens is 212 g/mol. The van der Waals surface area contributed by atoms with Crippen molar-refractivity contribution in [2.75, 3.05) is 0 Å². The first-order valence-electron chi connectivity index (χ1n) is 4.53. The summed E-state index contributed by atoms with van der Waals surface area (Å²) < 4.78 is 1.85. The van der Waals surface area contributed by atoms with Gasteiger partial charge in [-0.15, -0.1) is 20.9 Å². The standard InChI is InChI=1S/C9H10N4OS/c1-6-9(12-14)3-10-13(6)4-8-5-15-7(2)11-8/h3,5H,4H2,1-2H3/p+1. The highest BCUT2D eigenvalue weighted by atomic mass is 32.1. The molecule has 2 aromatic rings. The highest BCUT2D eigenvalue weighted by Crippen LogP contribution is 2.13. The van der Waals surface area contributed by atoms with Crippen LogP contribution in [0.5, 0.6) is 0 Å². The molecule has 0 saturated carbocycles. The van der Waals surface area contributed by atoms with Crippen molar-refractivity contribution in [3.63, 3.8) is 0 Å². The molecule has 0 radical (unpaired) electrons. The van der Waals surface area contributed by atoms with E-state index in [0.717, 1.165) is 16.4 Å². The summed E-state index contributed by atoms with van der Waals surface area (Å²) in [7, 11) is 0. The second kappa shape index (κ2) is 3.90. The Balaban J connectivity index is 2.24. The molecule has 0 aliphatic carbocycles. The van der Waals surface area contributed by atoms with Gasteiger partial charge in [0.1, 0.15) is 5.69 Å². The van der Waals surface area contributed by atoms with E-state index in [0.29, 0.717) is 12.2 Å². The van der Waals surface area contributed by atoms with Gasteiger partial charge in [-0.2, -0.15) is 5.10 Å². The van der Waals surface area contributed by atoms with Crippen LogP contribution in [-0.4, -0.2) is 10.1 Å². The van der Waals surface area contributed by atoms with E-state index in [9.17, 15) is 4.91 Å². The molecule has 0 aliphatic rings. The van der Waals surface area contributed by atoms with Crippen molar-refractivity contribution >= 4 is 17.0 Å². The molecule has 15 heavy (non-hydrogen) atoms. The first-order chi connectivity index (χ1) is 7.20. The van der Waals surface area contributed by atoms with Crippen LogP contribution < -0.4 is 4.68 Å². The molecule has 6 heteroatoms. The fraction of sp³-hybridized carbons (Fsp3) is 0.333. The zero-order chi connectivity index (χ0) is 10.8. The lowest BCUT2D eigenvalue weighted by atomic mass is 10.4. The highest BCUT2D eigenvalue weighted by Gasteiger charge is 2.16. The van der Waals surface area contributed by atoms with Crippen LogP contribution in [0, 0.1) is 18.8 Å². The molecule has 0 bridgehead atoms. The molecular formula is C9H11N4OS+. The summed E-state index contributed by atoms with van der Waals surface area (Å²) in [6.45, 7) is 4.47. The second-order valence-corrected chi connectivity index (χ2v) is 4.34.